The monoisotopic (exact) mass is 486 g/mol. The van der Waals surface area contributed by atoms with Crippen LogP contribution in [0.4, 0.5) is 0 Å². The van der Waals surface area contributed by atoms with Crippen LogP contribution in [0.15, 0.2) is 33.2 Å². The van der Waals surface area contributed by atoms with Crippen LogP contribution in [-0.4, -0.2) is 18.6 Å². The van der Waals surface area contributed by atoms with Gasteiger partial charge in [0.25, 0.3) is 0 Å². The molecular weight excluding hydrogens is 467 g/mol. The van der Waals surface area contributed by atoms with Crippen molar-refractivity contribution >= 4 is 44.3 Å². The van der Waals surface area contributed by atoms with Crippen LogP contribution in [0, 0.1) is 6.92 Å². The first-order valence-electron chi connectivity index (χ1n) is 8.00. The quantitative estimate of drug-likeness (QED) is 0.464. The summed E-state index contributed by atoms with van der Waals surface area (Å²) in [7, 11) is -1.08. The Kier molecular flexibility index (Phi) is 4.89. The Bertz CT molecular complexity index is 901. The lowest BCUT2D eigenvalue weighted by Crippen LogP contribution is -2.23. The highest BCUT2D eigenvalue weighted by molar-refractivity contribution is 9.11. The smallest absolute Gasteiger partial charge is 0.160 e. The number of benzene rings is 2. The molecule has 0 aromatic heterocycles. The van der Waals surface area contributed by atoms with Gasteiger partial charge in [0.05, 0.1) is 16.9 Å². The van der Waals surface area contributed by atoms with Crippen molar-refractivity contribution in [3.8, 4) is 22.6 Å². The summed E-state index contributed by atoms with van der Waals surface area (Å²) in [6.07, 6.45) is 0.249. The van der Waals surface area contributed by atoms with Crippen LogP contribution in [0.1, 0.15) is 26.3 Å². The summed E-state index contributed by atoms with van der Waals surface area (Å²) in [4.78, 5) is 0. The molecule has 0 fully saturated rings. The molecule has 0 N–H and O–H groups in total. The van der Waals surface area contributed by atoms with Crippen molar-refractivity contribution in [2.24, 2.45) is 0 Å². The van der Waals surface area contributed by atoms with Crippen molar-refractivity contribution in [1.29, 1.82) is 0 Å². The molecule has 1 aliphatic heterocycles. The topological polar surface area (TPSA) is 35.5 Å². The molecule has 1 heterocycles. The molecule has 2 aromatic rings. The van der Waals surface area contributed by atoms with Crippen LogP contribution < -0.4 is 14.8 Å². The lowest BCUT2D eigenvalue weighted by Gasteiger charge is -2.28. The van der Waals surface area contributed by atoms with E-state index in [1.165, 1.54) is 0 Å². The summed E-state index contributed by atoms with van der Waals surface area (Å²) in [6, 6.07) is 7.83. The Labute approximate surface area is 165 Å². The summed E-state index contributed by atoms with van der Waals surface area (Å²) in [5.41, 5.74) is 2.90. The Morgan fingerprint density at radius 3 is 2.48 bits per heavy atom. The molecule has 0 unspecified atom stereocenters. The molecule has 0 saturated carbocycles. The van der Waals surface area contributed by atoms with E-state index in [1.54, 1.807) is 7.11 Å². The third-order valence-corrected chi connectivity index (χ3v) is 10.0. The number of methoxy groups -OCH3 is 1. The van der Waals surface area contributed by atoms with Gasteiger partial charge in [-0.3, -0.25) is 0 Å². The first-order chi connectivity index (χ1) is 11.6. The highest BCUT2D eigenvalue weighted by atomic mass is 79.9. The second-order valence-electron chi connectivity index (χ2n) is 7.21. The molecule has 0 radical (unpaired) electrons. The van der Waals surface area contributed by atoms with Gasteiger partial charge in [0, 0.05) is 20.8 Å². The second kappa shape index (κ2) is 6.44. The van der Waals surface area contributed by atoms with Gasteiger partial charge in [-0.25, -0.2) is 0 Å². The van der Waals surface area contributed by atoms with Crippen LogP contribution >= 0.6 is 39.0 Å². The minimum Gasteiger partial charge on any atom is -0.495 e. The molecule has 0 spiro atoms. The van der Waals surface area contributed by atoms with Gasteiger partial charge in [-0.05, 0) is 40.5 Å². The van der Waals surface area contributed by atoms with Gasteiger partial charge in [-0.2, -0.15) is 0 Å². The number of ether oxygens (including phenoxy) is 2. The molecule has 0 saturated heterocycles. The lowest BCUT2D eigenvalue weighted by molar-refractivity contribution is 0.389. The molecular formula is C19H21Br2O3P. The number of fused-ring (bicyclic) bond motifs is 1. The van der Waals surface area contributed by atoms with E-state index in [0.717, 1.165) is 36.7 Å². The summed E-state index contributed by atoms with van der Waals surface area (Å²) < 4.78 is 27.3. The third kappa shape index (κ3) is 2.89. The van der Waals surface area contributed by atoms with Gasteiger partial charge in [0.1, 0.15) is 17.8 Å². The van der Waals surface area contributed by atoms with E-state index in [2.05, 4.69) is 31.9 Å². The molecule has 3 rings (SSSR count). The first kappa shape index (κ1) is 19.0. The fraction of sp³-hybridized carbons (Fsp3) is 0.368. The first-order valence-corrected chi connectivity index (χ1v) is 11.5. The van der Waals surface area contributed by atoms with Gasteiger partial charge in [0.2, 0.25) is 0 Å². The zero-order valence-electron chi connectivity index (χ0n) is 14.9. The zero-order chi connectivity index (χ0) is 18.6. The summed E-state index contributed by atoms with van der Waals surface area (Å²) >= 11 is 7.20. The van der Waals surface area contributed by atoms with E-state index in [1.807, 2.05) is 52.0 Å². The summed E-state index contributed by atoms with van der Waals surface area (Å²) in [5.74, 6) is 1.45. The average molecular weight is 488 g/mol. The van der Waals surface area contributed by atoms with Crippen molar-refractivity contribution < 1.29 is 14.0 Å². The van der Waals surface area contributed by atoms with E-state index in [-0.39, 0.29) is 11.5 Å². The van der Waals surface area contributed by atoms with E-state index < -0.39 is 7.14 Å². The van der Waals surface area contributed by atoms with Gasteiger partial charge in [-0.1, -0.05) is 48.8 Å². The van der Waals surface area contributed by atoms with E-state index >= 15 is 0 Å². The molecule has 6 heteroatoms. The molecule has 2 aromatic carbocycles. The number of halogens is 2. The minimum atomic E-state index is -2.74. The van der Waals surface area contributed by atoms with Gasteiger partial charge in [0.15, 0.2) is 7.14 Å². The Hall–Kier alpha value is -0.770. The van der Waals surface area contributed by atoms with Crippen LogP contribution in [0.3, 0.4) is 0 Å². The van der Waals surface area contributed by atoms with Crippen LogP contribution in [0.5, 0.6) is 11.5 Å². The predicted molar refractivity (Wildman–Crippen MR) is 111 cm³/mol. The molecule has 0 amide bonds. The number of hydrogen-bond acceptors (Lipinski definition) is 3. The molecule has 1 aliphatic rings. The number of hydrogen-bond donors (Lipinski definition) is 0. The van der Waals surface area contributed by atoms with Crippen LogP contribution in [0.2, 0.25) is 0 Å². The highest BCUT2D eigenvalue weighted by Crippen LogP contribution is 2.63. The largest absolute Gasteiger partial charge is 0.495 e. The van der Waals surface area contributed by atoms with Gasteiger partial charge < -0.3 is 14.0 Å². The van der Waals surface area contributed by atoms with Crippen LogP contribution in [-0.2, 0) is 4.57 Å². The summed E-state index contributed by atoms with van der Waals surface area (Å²) in [6.45, 7) is 8.09. The van der Waals surface area contributed by atoms with E-state index in [9.17, 15) is 4.57 Å². The molecule has 25 heavy (non-hydrogen) atoms. The maximum absolute atomic E-state index is 13.9. The van der Waals surface area contributed by atoms with Crippen molar-refractivity contribution in [3.05, 3.63) is 38.8 Å². The standard InChI is InChI=1S/C19H21Br2O3P/c1-11-13(20)9-14(21)17(23-5)16(11)12-7-6-8-15-18(12)25(22,10-24-15)19(2,3)4/h6-9H,10H2,1-5H3/t25-/m0/s1. The molecule has 134 valence electrons. The summed E-state index contributed by atoms with van der Waals surface area (Å²) in [5, 5.41) is 0.451. The second-order valence-corrected chi connectivity index (χ2v) is 12.4. The SMILES string of the molecule is COc1c(Br)cc(Br)c(C)c1-c1cccc2c1[P@](=O)(C(C)(C)C)CO2. The van der Waals surface area contributed by atoms with Crippen molar-refractivity contribution in [1.82, 2.24) is 0 Å². The third-order valence-electron chi connectivity index (χ3n) is 4.75. The van der Waals surface area contributed by atoms with Crippen LogP contribution in [0.25, 0.3) is 11.1 Å². The highest BCUT2D eigenvalue weighted by Gasteiger charge is 2.47. The maximum Gasteiger partial charge on any atom is 0.160 e. The molecule has 0 bridgehead atoms. The van der Waals surface area contributed by atoms with Gasteiger partial charge >= 0.3 is 0 Å². The fourth-order valence-electron chi connectivity index (χ4n) is 3.19. The van der Waals surface area contributed by atoms with E-state index in [0.29, 0.717) is 5.75 Å². The number of rotatable bonds is 2. The van der Waals surface area contributed by atoms with Crippen molar-refractivity contribution in [3.63, 3.8) is 0 Å². The van der Waals surface area contributed by atoms with Crippen molar-refractivity contribution in [2.45, 2.75) is 32.9 Å². The minimum absolute atomic E-state index is 0.249. The molecule has 3 nitrogen and oxygen atoms in total. The molecule has 0 aliphatic carbocycles. The lowest BCUT2D eigenvalue weighted by atomic mass is 9.99. The van der Waals surface area contributed by atoms with Gasteiger partial charge in [-0.15, -0.1) is 0 Å². The normalized spacial score (nSPS) is 19.5. The molecule has 1 atom stereocenters. The maximum atomic E-state index is 13.9. The Morgan fingerprint density at radius 2 is 1.88 bits per heavy atom. The average Bonchev–Trinajstić information content (AvgIpc) is 2.89. The van der Waals surface area contributed by atoms with E-state index in [4.69, 9.17) is 9.47 Å². The zero-order valence-corrected chi connectivity index (χ0v) is 19.0. The fourth-order valence-corrected chi connectivity index (χ4v) is 7.09. The Morgan fingerprint density at radius 1 is 1.20 bits per heavy atom. The van der Waals surface area contributed by atoms with Crippen molar-refractivity contribution in [2.75, 3.05) is 13.5 Å². The predicted octanol–water partition coefficient (Wildman–Crippen LogP) is 6.33. The Balaban J connectivity index is 2.41.